The second-order valence-corrected chi connectivity index (χ2v) is 3.67. The molecule has 0 aliphatic rings. The number of amidine groups is 1. The van der Waals surface area contributed by atoms with Gasteiger partial charge in [-0.15, -0.1) is 5.10 Å². The fourth-order valence-corrected chi connectivity index (χ4v) is 1.35. The third-order valence-electron chi connectivity index (χ3n) is 2.28. The molecule has 1 aromatic heterocycles. The van der Waals surface area contributed by atoms with Gasteiger partial charge in [-0.25, -0.2) is 0 Å². The van der Waals surface area contributed by atoms with E-state index in [4.69, 9.17) is 15.3 Å². The van der Waals surface area contributed by atoms with E-state index in [1.807, 2.05) is 6.07 Å². The molecule has 0 unspecified atom stereocenters. The fraction of sp³-hybridized carbons (Fsp3) is 0. The SMILES string of the molecule is NC(=NN=CC=Cc1ccco1)c1ccc(O)cc1. The molecular formula is C14H13N3O2. The molecule has 3 N–H and O–H groups in total. The number of phenols is 1. The van der Waals surface area contributed by atoms with Crippen LogP contribution in [0.3, 0.4) is 0 Å². The molecule has 2 rings (SSSR count). The summed E-state index contributed by atoms with van der Waals surface area (Å²) in [4.78, 5) is 0. The maximum absolute atomic E-state index is 9.15. The van der Waals surface area contributed by atoms with E-state index in [0.29, 0.717) is 5.56 Å². The second kappa shape index (κ2) is 6.20. The zero-order valence-corrected chi connectivity index (χ0v) is 10.1. The number of benzene rings is 1. The van der Waals surface area contributed by atoms with E-state index in [1.54, 1.807) is 36.6 Å². The molecule has 0 bridgehead atoms. The van der Waals surface area contributed by atoms with Gasteiger partial charge in [0.2, 0.25) is 0 Å². The van der Waals surface area contributed by atoms with Gasteiger partial charge in [0.1, 0.15) is 11.5 Å². The highest BCUT2D eigenvalue weighted by molar-refractivity contribution is 5.97. The van der Waals surface area contributed by atoms with Gasteiger partial charge in [0.25, 0.3) is 0 Å². The van der Waals surface area contributed by atoms with Crippen molar-refractivity contribution in [1.82, 2.24) is 0 Å². The third-order valence-corrected chi connectivity index (χ3v) is 2.28. The van der Waals surface area contributed by atoms with Crippen LogP contribution in [0, 0.1) is 0 Å². The Hall–Kier alpha value is -2.82. The first-order valence-electron chi connectivity index (χ1n) is 5.62. The number of allylic oxidation sites excluding steroid dienone is 1. The predicted molar refractivity (Wildman–Crippen MR) is 75.1 cm³/mol. The molecule has 2 aromatic rings. The zero-order valence-electron chi connectivity index (χ0n) is 10.1. The standard InChI is InChI=1S/C14H13N3O2/c15-14(11-5-7-12(18)8-6-11)17-16-9-1-3-13-4-2-10-19-13/h1-10,18H,(H2,15,17). The Bertz CT molecular complexity index is 596. The third kappa shape index (κ3) is 3.85. The molecule has 1 aromatic carbocycles. The van der Waals surface area contributed by atoms with Crippen LogP contribution < -0.4 is 5.73 Å². The molecule has 96 valence electrons. The number of hydrogen-bond donors (Lipinski definition) is 2. The number of nitrogens with two attached hydrogens (primary N) is 1. The molecule has 19 heavy (non-hydrogen) atoms. The van der Waals surface area contributed by atoms with Gasteiger partial charge in [-0.3, -0.25) is 0 Å². The summed E-state index contributed by atoms with van der Waals surface area (Å²) < 4.78 is 5.11. The van der Waals surface area contributed by atoms with E-state index < -0.39 is 0 Å². The van der Waals surface area contributed by atoms with E-state index in [-0.39, 0.29) is 11.6 Å². The Morgan fingerprint density at radius 3 is 2.68 bits per heavy atom. The summed E-state index contributed by atoms with van der Waals surface area (Å²) in [7, 11) is 0. The molecule has 0 saturated heterocycles. The zero-order chi connectivity index (χ0) is 13.5. The lowest BCUT2D eigenvalue weighted by Crippen LogP contribution is -2.12. The minimum Gasteiger partial charge on any atom is -0.508 e. The topological polar surface area (TPSA) is 84.1 Å². The van der Waals surface area contributed by atoms with Crippen molar-refractivity contribution < 1.29 is 9.52 Å². The number of phenolic OH excluding ortho intramolecular Hbond substituents is 1. The van der Waals surface area contributed by atoms with Gasteiger partial charge in [-0.05, 0) is 48.6 Å². The Morgan fingerprint density at radius 2 is 2.00 bits per heavy atom. The molecule has 0 aliphatic carbocycles. The summed E-state index contributed by atoms with van der Waals surface area (Å²) >= 11 is 0. The number of nitrogens with zero attached hydrogens (tertiary/aromatic N) is 2. The normalized spacial score (nSPS) is 12.5. The first kappa shape index (κ1) is 12.6. The molecule has 0 aliphatic heterocycles. The molecule has 1 heterocycles. The lowest BCUT2D eigenvalue weighted by molar-refractivity contribution is 0.475. The lowest BCUT2D eigenvalue weighted by atomic mass is 10.2. The molecule has 5 nitrogen and oxygen atoms in total. The average molecular weight is 255 g/mol. The summed E-state index contributed by atoms with van der Waals surface area (Å²) in [6.07, 6.45) is 6.57. The largest absolute Gasteiger partial charge is 0.508 e. The smallest absolute Gasteiger partial charge is 0.153 e. The summed E-state index contributed by atoms with van der Waals surface area (Å²) in [6, 6.07) is 10.1. The molecule has 0 atom stereocenters. The Labute approximate surface area is 110 Å². The fourth-order valence-electron chi connectivity index (χ4n) is 1.35. The number of furan rings is 1. The van der Waals surface area contributed by atoms with Crippen molar-refractivity contribution in [2.75, 3.05) is 0 Å². The summed E-state index contributed by atoms with van der Waals surface area (Å²) in [6.45, 7) is 0. The van der Waals surface area contributed by atoms with Gasteiger partial charge in [0.15, 0.2) is 5.84 Å². The van der Waals surface area contributed by atoms with Crippen LogP contribution in [0.1, 0.15) is 11.3 Å². The summed E-state index contributed by atoms with van der Waals surface area (Å²) in [5.41, 5.74) is 6.43. The average Bonchev–Trinajstić information content (AvgIpc) is 2.92. The quantitative estimate of drug-likeness (QED) is 0.499. The van der Waals surface area contributed by atoms with Gasteiger partial charge in [0.05, 0.1) is 6.26 Å². The van der Waals surface area contributed by atoms with Crippen LogP contribution in [0.4, 0.5) is 0 Å². The van der Waals surface area contributed by atoms with Crippen LogP contribution in [-0.4, -0.2) is 17.2 Å². The van der Waals surface area contributed by atoms with Crippen LogP contribution in [0.25, 0.3) is 6.08 Å². The van der Waals surface area contributed by atoms with Gasteiger partial charge in [-0.1, -0.05) is 0 Å². The van der Waals surface area contributed by atoms with Gasteiger partial charge >= 0.3 is 0 Å². The van der Waals surface area contributed by atoms with E-state index >= 15 is 0 Å². The highest BCUT2D eigenvalue weighted by Crippen LogP contribution is 2.09. The monoisotopic (exact) mass is 255 g/mol. The van der Waals surface area contributed by atoms with Crippen molar-refractivity contribution in [3.05, 3.63) is 60.1 Å². The van der Waals surface area contributed by atoms with E-state index in [9.17, 15) is 0 Å². The summed E-state index contributed by atoms with van der Waals surface area (Å²) in [5, 5.41) is 16.8. The minimum absolute atomic E-state index is 0.182. The van der Waals surface area contributed by atoms with Crippen molar-refractivity contribution in [2.24, 2.45) is 15.9 Å². The maximum atomic E-state index is 9.15. The molecule has 0 radical (unpaired) electrons. The minimum atomic E-state index is 0.182. The highest BCUT2D eigenvalue weighted by Gasteiger charge is 1.96. The molecule has 0 fully saturated rings. The van der Waals surface area contributed by atoms with Gasteiger partial charge in [0, 0.05) is 11.8 Å². The Morgan fingerprint density at radius 1 is 1.21 bits per heavy atom. The number of aromatic hydroxyl groups is 1. The van der Waals surface area contributed by atoms with Crippen molar-refractivity contribution in [1.29, 1.82) is 0 Å². The lowest BCUT2D eigenvalue weighted by Gasteiger charge is -1.97. The van der Waals surface area contributed by atoms with Crippen molar-refractivity contribution in [3.63, 3.8) is 0 Å². The number of hydrogen-bond acceptors (Lipinski definition) is 4. The predicted octanol–water partition coefficient (Wildman–Crippen LogP) is 2.39. The second-order valence-electron chi connectivity index (χ2n) is 3.67. The molecular weight excluding hydrogens is 242 g/mol. The van der Waals surface area contributed by atoms with E-state index in [2.05, 4.69) is 10.2 Å². The summed E-state index contributed by atoms with van der Waals surface area (Å²) in [5.74, 6) is 1.20. The molecule has 0 saturated carbocycles. The van der Waals surface area contributed by atoms with Crippen LogP contribution in [0.5, 0.6) is 5.75 Å². The van der Waals surface area contributed by atoms with Crippen molar-refractivity contribution in [2.45, 2.75) is 0 Å². The van der Waals surface area contributed by atoms with Crippen LogP contribution in [0.2, 0.25) is 0 Å². The molecule has 0 amide bonds. The van der Waals surface area contributed by atoms with Crippen LogP contribution in [-0.2, 0) is 0 Å². The molecule has 5 heteroatoms. The van der Waals surface area contributed by atoms with E-state index in [1.165, 1.54) is 18.3 Å². The first-order valence-corrected chi connectivity index (χ1v) is 5.62. The first-order chi connectivity index (χ1) is 9.25. The Kier molecular flexibility index (Phi) is 4.12. The maximum Gasteiger partial charge on any atom is 0.153 e. The molecule has 0 spiro atoms. The van der Waals surface area contributed by atoms with Crippen molar-refractivity contribution >= 4 is 18.1 Å². The number of rotatable bonds is 4. The highest BCUT2D eigenvalue weighted by atomic mass is 16.3. The van der Waals surface area contributed by atoms with Crippen LogP contribution in [0.15, 0.2) is 63.4 Å². The van der Waals surface area contributed by atoms with Crippen molar-refractivity contribution in [3.8, 4) is 5.75 Å². The van der Waals surface area contributed by atoms with Gasteiger partial charge in [-0.2, -0.15) is 5.10 Å². The Balaban J connectivity index is 1.96. The van der Waals surface area contributed by atoms with E-state index in [0.717, 1.165) is 5.76 Å². The van der Waals surface area contributed by atoms with Crippen LogP contribution >= 0.6 is 0 Å². The van der Waals surface area contributed by atoms with Gasteiger partial charge < -0.3 is 15.3 Å².